The standard InChI is InChI=1S/C22H18Cl2N4O2S/c23-14-3-6-16(7-4-14)28-20(30)17-8-5-15(24)11-18(17)26-21(28)31-12-19(29)27-22(13-25)9-1-2-10-22/h3-8,11H,1-2,9-10,12H2,(H,27,29). The van der Waals surface area contributed by atoms with E-state index in [0.717, 1.165) is 24.6 Å². The summed E-state index contributed by atoms with van der Waals surface area (Å²) in [7, 11) is 0. The van der Waals surface area contributed by atoms with Crippen molar-refractivity contribution in [2.45, 2.75) is 36.4 Å². The van der Waals surface area contributed by atoms with Gasteiger partial charge >= 0.3 is 0 Å². The number of nitrogens with zero attached hydrogens (tertiary/aromatic N) is 3. The van der Waals surface area contributed by atoms with Gasteiger partial charge in [-0.05, 0) is 68.1 Å². The minimum Gasteiger partial charge on any atom is -0.337 e. The normalized spacial score (nSPS) is 15.0. The Morgan fingerprint density at radius 1 is 1.16 bits per heavy atom. The van der Waals surface area contributed by atoms with E-state index in [1.165, 1.54) is 4.57 Å². The molecule has 0 aliphatic heterocycles. The third-order valence-corrected chi connectivity index (χ3v) is 6.69. The second-order valence-corrected chi connectivity index (χ2v) is 9.23. The third-order valence-electron chi connectivity index (χ3n) is 5.27. The highest BCUT2D eigenvalue weighted by Gasteiger charge is 2.35. The zero-order valence-electron chi connectivity index (χ0n) is 16.4. The van der Waals surface area contributed by atoms with Crippen molar-refractivity contribution in [1.29, 1.82) is 5.26 Å². The summed E-state index contributed by atoms with van der Waals surface area (Å²) in [6.07, 6.45) is 3.15. The lowest BCUT2D eigenvalue weighted by molar-refractivity contribution is -0.119. The molecule has 1 saturated carbocycles. The van der Waals surface area contributed by atoms with Crippen LogP contribution in [0.1, 0.15) is 25.7 Å². The van der Waals surface area contributed by atoms with E-state index in [9.17, 15) is 14.9 Å². The second-order valence-electron chi connectivity index (χ2n) is 7.41. The molecule has 6 nitrogen and oxygen atoms in total. The fourth-order valence-corrected chi connectivity index (χ4v) is 4.83. The molecule has 0 saturated heterocycles. The van der Waals surface area contributed by atoms with Gasteiger partial charge in [0.05, 0.1) is 28.4 Å². The lowest BCUT2D eigenvalue weighted by Crippen LogP contribution is -2.45. The number of amides is 1. The zero-order chi connectivity index (χ0) is 22.0. The van der Waals surface area contributed by atoms with Crippen molar-refractivity contribution in [3.8, 4) is 11.8 Å². The summed E-state index contributed by atoms with van der Waals surface area (Å²) in [6.45, 7) is 0. The predicted molar refractivity (Wildman–Crippen MR) is 123 cm³/mol. The molecule has 0 unspecified atom stereocenters. The Morgan fingerprint density at radius 3 is 2.52 bits per heavy atom. The van der Waals surface area contributed by atoms with Crippen LogP contribution < -0.4 is 10.9 Å². The van der Waals surface area contributed by atoms with Crippen LogP contribution in [0.15, 0.2) is 52.4 Å². The third kappa shape index (κ3) is 4.57. The molecule has 0 spiro atoms. The first-order valence-electron chi connectivity index (χ1n) is 9.74. The largest absolute Gasteiger partial charge is 0.337 e. The van der Waals surface area contributed by atoms with E-state index >= 15 is 0 Å². The average molecular weight is 473 g/mol. The first-order valence-corrected chi connectivity index (χ1v) is 11.5. The Bertz CT molecular complexity index is 1250. The van der Waals surface area contributed by atoms with Crippen LogP contribution in [-0.2, 0) is 4.79 Å². The van der Waals surface area contributed by atoms with Crippen LogP contribution in [0, 0.1) is 11.3 Å². The van der Waals surface area contributed by atoms with Crippen LogP contribution in [0.5, 0.6) is 0 Å². The lowest BCUT2D eigenvalue weighted by Gasteiger charge is -2.22. The van der Waals surface area contributed by atoms with Gasteiger partial charge < -0.3 is 5.32 Å². The van der Waals surface area contributed by atoms with Crippen LogP contribution in [0.4, 0.5) is 0 Å². The maximum atomic E-state index is 13.3. The molecule has 1 aliphatic rings. The molecule has 4 rings (SSSR count). The first kappa shape index (κ1) is 21.7. The summed E-state index contributed by atoms with van der Waals surface area (Å²) in [5, 5.41) is 14.1. The van der Waals surface area contributed by atoms with Crippen molar-refractivity contribution in [2.24, 2.45) is 0 Å². The van der Waals surface area contributed by atoms with Crippen molar-refractivity contribution >= 4 is 51.8 Å². The van der Waals surface area contributed by atoms with Crippen LogP contribution in [0.3, 0.4) is 0 Å². The fraction of sp³-hybridized carbons (Fsp3) is 0.273. The van der Waals surface area contributed by atoms with Gasteiger partial charge in [-0.2, -0.15) is 5.26 Å². The maximum absolute atomic E-state index is 13.3. The van der Waals surface area contributed by atoms with Gasteiger partial charge in [0.25, 0.3) is 5.56 Å². The van der Waals surface area contributed by atoms with E-state index in [2.05, 4.69) is 16.4 Å². The molecule has 2 aromatic carbocycles. The molecule has 1 amide bonds. The van der Waals surface area contributed by atoms with Gasteiger partial charge in [-0.15, -0.1) is 0 Å². The van der Waals surface area contributed by atoms with Crippen molar-refractivity contribution in [2.75, 3.05) is 5.75 Å². The van der Waals surface area contributed by atoms with Crippen molar-refractivity contribution in [3.63, 3.8) is 0 Å². The summed E-state index contributed by atoms with van der Waals surface area (Å²) in [6, 6.07) is 14.0. The van der Waals surface area contributed by atoms with Crippen LogP contribution in [-0.4, -0.2) is 26.8 Å². The number of hydrogen-bond donors (Lipinski definition) is 1. The summed E-state index contributed by atoms with van der Waals surface area (Å²) >= 11 is 13.2. The molecule has 0 radical (unpaired) electrons. The van der Waals surface area contributed by atoms with E-state index < -0.39 is 5.54 Å². The number of nitrogens with one attached hydrogen (secondary N) is 1. The number of halogens is 2. The van der Waals surface area contributed by atoms with Crippen LogP contribution in [0.2, 0.25) is 10.0 Å². The van der Waals surface area contributed by atoms with Gasteiger partial charge in [0.1, 0.15) is 5.54 Å². The quantitative estimate of drug-likeness (QED) is 0.427. The Labute approximate surface area is 193 Å². The molecule has 9 heteroatoms. The number of hydrogen-bond acceptors (Lipinski definition) is 5. The molecular formula is C22H18Cl2N4O2S. The van der Waals surface area contributed by atoms with Crippen molar-refractivity contribution in [3.05, 3.63) is 62.9 Å². The Hall–Kier alpha value is -2.53. The highest BCUT2D eigenvalue weighted by Crippen LogP contribution is 2.29. The van der Waals surface area contributed by atoms with E-state index in [4.69, 9.17) is 23.2 Å². The molecule has 1 fully saturated rings. The van der Waals surface area contributed by atoms with E-state index in [0.29, 0.717) is 44.6 Å². The molecule has 31 heavy (non-hydrogen) atoms. The molecule has 0 atom stereocenters. The summed E-state index contributed by atoms with van der Waals surface area (Å²) in [5.41, 5.74) is -0.0188. The number of fused-ring (bicyclic) bond motifs is 1. The molecule has 1 heterocycles. The zero-order valence-corrected chi connectivity index (χ0v) is 18.7. The molecular weight excluding hydrogens is 455 g/mol. The van der Waals surface area contributed by atoms with Gasteiger partial charge in [0, 0.05) is 10.0 Å². The second kappa shape index (κ2) is 8.91. The summed E-state index contributed by atoms with van der Waals surface area (Å²) in [5.74, 6) is -0.244. The monoisotopic (exact) mass is 472 g/mol. The minimum atomic E-state index is -0.794. The molecule has 158 valence electrons. The van der Waals surface area contributed by atoms with Gasteiger partial charge in [-0.1, -0.05) is 35.0 Å². The maximum Gasteiger partial charge on any atom is 0.266 e. The Kier molecular flexibility index (Phi) is 6.24. The van der Waals surface area contributed by atoms with Crippen molar-refractivity contribution in [1.82, 2.24) is 14.9 Å². The first-order chi connectivity index (χ1) is 14.9. The predicted octanol–water partition coefficient (Wildman–Crippen LogP) is 4.74. The lowest BCUT2D eigenvalue weighted by atomic mass is 10.0. The topological polar surface area (TPSA) is 87.8 Å². The number of thioether (sulfide) groups is 1. The van der Waals surface area contributed by atoms with Gasteiger partial charge in [0.15, 0.2) is 5.16 Å². The van der Waals surface area contributed by atoms with Gasteiger partial charge in [-0.3, -0.25) is 14.2 Å². The molecule has 1 aliphatic carbocycles. The molecule has 1 aromatic heterocycles. The van der Waals surface area contributed by atoms with Gasteiger partial charge in [0.2, 0.25) is 5.91 Å². The Balaban J connectivity index is 1.69. The van der Waals surface area contributed by atoms with E-state index in [1.807, 2.05) is 0 Å². The van der Waals surface area contributed by atoms with Gasteiger partial charge in [-0.25, -0.2) is 4.98 Å². The number of carbonyl (C=O) groups excluding carboxylic acids is 1. The summed E-state index contributed by atoms with van der Waals surface area (Å²) in [4.78, 5) is 30.5. The summed E-state index contributed by atoms with van der Waals surface area (Å²) < 4.78 is 1.46. The fourth-order valence-electron chi connectivity index (χ4n) is 3.73. The number of nitriles is 1. The van der Waals surface area contributed by atoms with E-state index in [1.54, 1.807) is 42.5 Å². The van der Waals surface area contributed by atoms with Crippen molar-refractivity contribution < 1.29 is 4.79 Å². The number of rotatable bonds is 5. The molecule has 0 bridgehead atoms. The molecule has 1 N–H and O–H groups in total. The Morgan fingerprint density at radius 2 is 1.84 bits per heavy atom. The smallest absolute Gasteiger partial charge is 0.266 e. The number of benzene rings is 2. The van der Waals surface area contributed by atoms with Crippen LogP contribution >= 0.6 is 35.0 Å². The SMILES string of the molecule is N#CC1(NC(=O)CSc2nc3cc(Cl)ccc3c(=O)n2-c2ccc(Cl)cc2)CCCC1. The highest BCUT2D eigenvalue weighted by atomic mass is 35.5. The van der Waals surface area contributed by atoms with Crippen LogP contribution in [0.25, 0.3) is 16.6 Å². The number of carbonyl (C=O) groups is 1. The molecule has 3 aromatic rings. The highest BCUT2D eigenvalue weighted by molar-refractivity contribution is 7.99. The average Bonchev–Trinajstić information content (AvgIpc) is 3.22. The number of aromatic nitrogens is 2. The van der Waals surface area contributed by atoms with E-state index in [-0.39, 0.29) is 17.2 Å². The minimum absolute atomic E-state index is 0.0233.